The number of nitrogens with zero attached hydrogens (tertiary/aromatic N) is 4. The predicted molar refractivity (Wildman–Crippen MR) is 115 cm³/mol. The molecule has 1 fully saturated rings. The van der Waals surface area contributed by atoms with E-state index in [2.05, 4.69) is 45.4 Å². The van der Waals surface area contributed by atoms with Gasteiger partial charge in [-0.3, -0.25) is 19.4 Å². The highest BCUT2D eigenvalue weighted by Gasteiger charge is 2.55. The lowest BCUT2D eigenvalue weighted by Crippen LogP contribution is -2.43. The second-order valence-corrected chi connectivity index (χ2v) is 8.42. The minimum atomic E-state index is -0.931. The van der Waals surface area contributed by atoms with Crippen molar-refractivity contribution in [3.05, 3.63) is 58.6 Å². The molecule has 2 aromatic rings. The zero-order chi connectivity index (χ0) is 21.4. The molecule has 4 rings (SSSR count). The van der Waals surface area contributed by atoms with Crippen molar-refractivity contribution in [2.45, 2.75) is 31.8 Å². The molecular formula is C21H20BrN5O3. The summed E-state index contributed by atoms with van der Waals surface area (Å²) >= 11 is 3.33. The first-order valence-corrected chi connectivity index (χ1v) is 10.3. The van der Waals surface area contributed by atoms with Crippen LogP contribution in [-0.2, 0) is 14.4 Å². The van der Waals surface area contributed by atoms with Gasteiger partial charge in [0.1, 0.15) is 6.54 Å². The Balaban J connectivity index is 1.44. The minimum Gasteiger partial charge on any atom is -0.324 e. The molecule has 0 aliphatic carbocycles. The van der Waals surface area contributed by atoms with Crippen molar-refractivity contribution in [1.82, 2.24) is 5.01 Å². The Hall–Kier alpha value is -3.07. The lowest BCUT2D eigenvalue weighted by molar-refractivity contribution is -0.123. The fourth-order valence-corrected chi connectivity index (χ4v) is 3.76. The van der Waals surface area contributed by atoms with E-state index in [1.54, 1.807) is 24.3 Å². The molecule has 1 saturated heterocycles. The number of imide groups is 1. The van der Waals surface area contributed by atoms with Gasteiger partial charge in [0.05, 0.1) is 5.69 Å². The van der Waals surface area contributed by atoms with Crippen LogP contribution in [0.4, 0.5) is 11.4 Å². The SMILES string of the molecule is CC(C)c1ccc(NC(=O)CN2N=N[C@H]3C(=O)N(c4ccc(Br)cc4)C(=O)[C@@H]32)cc1. The number of carbonyl (C=O) groups is 3. The Labute approximate surface area is 182 Å². The molecule has 1 N–H and O–H groups in total. The van der Waals surface area contributed by atoms with E-state index in [0.717, 1.165) is 9.37 Å². The third-order valence-corrected chi connectivity index (χ3v) is 5.64. The summed E-state index contributed by atoms with van der Waals surface area (Å²) in [6.07, 6.45) is 0. The lowest BCUT2D eigenvalue weighted by Gasteiger charge is -2.20. The van der Waals surface area contributed by atoms with E-state index in [4.69, 9.17) is 0 Å². The quantitative estimate of drug-likeness (QED) is 0.677. The molecule has 0 saturated carbocycles. The molecular weight excluding hydrogens is 450 g/mol. The van der Waals surface area contributed by atoms with E-state index >= 15 is 0 Å². The van der Waals surface area contributed by atoms with E-state index in [1.807, 2.05) is 24.3 Å². The van der Waals surface area contributed by atoms with Gasteiger partial charge in [-0.2, -0.15) is 5.11 Å². The van der Waals surface area contributed by atoms with Crippen LogP contribution in [0.2, 0.25) is 0 Å². The molecule has 0 unspecified atom stereocenters. The van der Waals surface area contributed by atoms with Crippen molar-refractivity contribution in [2.24, 2.45) is 10.3 Å². The van der Waals surface area contributed by atoms with Gasteiger partial charge >= 0.3 is 0 Å². The van der Waals surface area contributed by atoms with Gasteiger partial charge in [-0.25, -0.2) is 4.90 Å². The van der Waals surface area contributed by atoms with Gasteiger partial charge in [-0.1, -0.05) is 47.1 Å². The van der Waals surface area contributed by atoms with E-state index < -0.39 is 23.9 Å². The summed E-state index contributed by atoms with van der Waals surface area (Å²) < 4.78 is 0.838. The van der Waals surface area contributed by atoms with Crippen molar-refractivity contribution in [1.29, 1.82) is 0 Å². The van der Waals surface area contributed by atoms with Gasteiger partial charge in [0.15, 0.2) is 12.1 Å². The van der Waals surface area contributed by atoms with Crippen LogP contribution in [0.15, 0.2) is 63.3 Å². The molecule has 30 heavy (non-hydrogen) atoms. The summed E-state index contributed by atoms with van der Waals surface area (Å²) in [6.45, 7) is 4.02. The Morgan fingerprint density at radius 3 is 2.37 bits per heavy atom. The normalized spacial score (nSPS) is 20.3. The van der Waals surface area contributed by atoms with Gasteiger partial charge in [0.2, 0.25) is 5.91 Å². The first-order chi connectivity index (χ1) is 14.3. The topological polar surface area (TPSA) is 94.4 Å². The van der Waals surface area contributed by atoms with E-state index in [0.29, 0.717) is 17.3 Å². The van der Waals surface area contributed by atoms with Gasteiger partial charge in [0, 0.05) is 10.2 Å². The molecule has 154 valence electrons. The van der Waals surface area contributed by atoms with Crippen molar-refractivity contribution < 1.29 is 14.4 Å². The van der Waals surface area contributed by atoms with E-state index in [1.165, 1.54) is 10.6 Å². The Morgan fingerprint density at radius 1 is 1.07 bits per heavy atom. The van der Waals surface area contributed by atoms with Crippen LogP contribution in [0.25, 0.3) is 0 Å². The third-order valence-electron chi connectivity index (χ3n) is 5.11. The van der Waals surface area contributed by atoms with Crippen LogP contribution in [0, 0.1) is 0 Å². The highest BCUT2D eigenvalue weighted by Crippen LogP contribution is 2.32. The number of benzene rings is 2. The summed E-state index contributed by atoms with van der Waals surface area (Å²) in [6, 6.07) is 12.6. The molecule has 2 atom stereocenters. The maximum absolute atomic E-state index is 12.9. The summed E-state index contributed by atoms with van der Waals surface area (Å²) in [7, 11) is 0. The molecule has 0 spiro atoms. The first-order valence-electron chi connectivity index (χ1n) is 9.56. The highest BCUT2D eigenvalue weighted by molar-refractivity contribution is 9.10. The van der Waals surface area contributed by atoms with Gasteiger partial charge < -0.3 is 5.32 Å². The number of amides is 3. The molecule has 2 heterocycles. The molecule has 0 radical (unpaired) electrons. The summed E-state index contributed by atoms with van der Waals surface area (Å²) in [5.41, 5.74) is 2.29. The van der Waals surface area contributed by atoms with E-state index in [9.17, 15) is 14.4 Å². The van der Waals surface area contributed by atoms with Gasteiger partial charge in [-0.05, 0) is 47.9 Å². The Bertz CT molecular complexity index is 1020. The van der Waals surface area contributed by atoms with Crippen LogP contribution < -0.4 is 10.2 Å². The standard InChI is InChI=1S/C21H20BrN5O3/c1-12(2)13-3-7-15(8-4-13)23-17(28)11-26-19-18(24-25-26)20(29)27(21(19)30)16-9-5-14(22)6-10-16/h3-10,12,18-19H,11H2,1-2H3,(H,23,28)/t18-,19-/m1/s1. The zero-order valence-corrected chi connectivity index (χ0v) is 18.0. The average molecular weight is 470 g/mol. The largest absolute Gasteiger partial charge is 0.324 e. The van der Waals surface area contributed by atoms with E-state index in [-0.39, 0.29) is 12.5 Å². The Morgan fingerprint density at radius 2 is 1.73 bits per heavy atom. The van der Waals surface area contributed by atoms with Gasteiger partial charge in [0.25, 0.3) is 11.8 Å². The third kappa shape index (κ3) is 3.72. The fraction of sp³-hybridized carbons (Fsp3) is 0.286. The molecule has 9 heteroatoms. The number of hydrogen-bond acceptors (Lipinski definition) is 6. The molecule has 8 nitrogen and oxygen atoms in total. The number of anilines is 2. The minimum absolute atomic E-state index is 0.177. The fourth-order valence-electron chi connectivity index (χ4n) is 3.50. The number of nitrogens with one attached hydrogen (secondary N) is 1. The number of fused-ring (bicyclic) bond motifs is 1. The average Bonchev–Trinajstić information content (AvgIpc) is 3.23. The molecule has 2 aromatic carbocycles. The first kappa shape index (κ1) is 20.2. The summed E-state index contributed by atoms with van der Waals surface area (Å²) in [5, 5.41) is 11.9. The molecule has 2 aliphatic rings. The molecule has 0 bridgehead atoms. The smallest absolute Gasteiger partial charge is 0.263 e. The Kier molecular flexibility index (Phi) is 5.38. The summed E-state index contributed by atoms with van der Waals surface area (Å²) in [5.74, 6) is -0.819. The van der Waals surface area contributed by atoms with Crippen LogP contribution >= 0.6 is 15.9 Å². The van der Waals surface area contributed by atoms with Crippen molar-refractivity contribution in [3.63, 3.8) is 0 Å². The molecule has 2 aliphatic heterocycles. The number of carbonyl (C=O) groups excluding carboxylic acids is 3. The maximum atomic E-state index is 12.9. The van der Waals surface area contributed by atoms with Crippen LogP contribution in [0.3, 0.4) is 0 Å². The number of halogens is 1. The second-order valence-electron chi connectivity index (χ2n) is 7.51. The maximum Gasteiger partial charge on any atom is 0.263 e. The van der Waals surface area contributed by atoms with Crippen LogP contribution in [0.5, 0.6) is 0 Å². The molecule has 3 amide bonds. The second kappa shape index (κ2) is 7.98. The van der Waals surface area contributed by atoms with Crippen molar-refractivity contribution in [2.75, 3.05) is 16.8 Å². The monoisotopic (exact) mass is 469 g/mol. The lowest BCUT2D eigenvalue weighted by atomic mass is 10.0. The van der Waals surface area contributed by atoms with Crippen LogP contribution in [0.1, 0.15) is 25.3 Å². The zero-order valence-electron chi connectivity index (χ0n) is 16.4. The van der Waals surface area contributed by atoms with Crippen molar-refractivity contribution >= 4 is 45.0 Å². The van der Waals surface area contributed by atoms with Crippen LogP contribution in [-0.4, -0.2) is 41.4 Å². The predicted octanol–water partition coefficient (Wildman–Crippen LogP) is 3.50. The highest BCUT2D eigenvalue weighted by atomic mass is 79.9. The summed E-state index contributed by atoms with van der Waals surface area (Å²) in [4.78, 5) is 39.2. The number of hydrogen-bond donors (Lipinski definition) is 1. The van der Waals surface area contributed by atoms with Gasteiger partial charge in [-0.15, -0.1) is 0 Å². The molecule has 0 aromatic heterocycles. The number of rotatable bonds is 5. The van der Waals surface area contributed by atoms with Crippen molar-refractivity contribution in [3.8, 4) is 0 Å².